The molecule has 0 amide bonds. The molecule has 0 radical (unpaired) electrons. The average Bonchev–Trinajstić information content (AvgIpc) is 3.03. The Balaban J connectivity index is 1.67. The van der Waals surface area contributed by atoms with Gasteiger partial charge in [-0.15, -0.1) is 11.3 Å². The zero-order chi connectivity index (χ0) is 17.2. The first-order chi connectivity index (χ1) is 11.5. The van der Waals surface area contributed by atoms with Gasteiger partial charge in [0.2, 0.25) is 0 Å². The van der Waals surface area contributed by atoms with Crippen LogP contribution in [0.2, 0.25) is 4.34 Å². The number of nitrogens with one attached hydrogen (secondary N) is 1. The molecule has 1 aliphatic heterocycles. The number of benzene rings is 1. The molecule has 0 bridgehead atoms. The van der Waals surface area contributed by atoms with Gasteiger partial charge >= 0.3 is 0 Å². The minimum Gasteiger partial charge on any atom is -0.369 e. The van der Waals surface area contributed by atoms with Gasteiger partial charge in [0.1, 0.15) is 4.21 Å². The Hall–Kier alpha value is -1.28. The molecule has 130 valence electrons. The van der Waals surface area contributed by atoms with E-state index in [1.54, 1.807) is 18.2 Å². The fourth-order valence-corrected chi connectivity index (χ4v) is 5.25. The molecule has 1 fully saturated rings. The smallest absolute Gasteiger partial charge is 0.271 e. The highest BCUT2D eigenvalue weighted by Gasteiger charge is 2.18. The molecule has 0 atom stereocenters. The van der Waals surface area contributed by atoms with Gasteiger partial charge in [-0.1, -0.05) is 18.5 Å². The van der Waals surface area contributed by atoms with E-state index in [4.69, 9.17) is 11.6 Å². The summed E-state index contributed by atoms with van der Waals surface area (Å²) in [5, 5.41) is 0. The van der Waals surface area contributed by atoms with Gasteiger partial charge in [0.25, 0.3) is 10.0 Å². The number of anilines is 2. The average molecular weight is 386 g/mol. The Morgan fingerprint density at radius 3 is 2.29 bits per heavy atom. The third kappa shape index (κ3) is 4.03. The maximum Gasteiger partial charge on any atom is 0.271 e. The van der Waals surface area contributed by atoms with Crippen LogP contribution in [0, 0.1) is 0 Å². The summed E-state index contributed by atoms with van der Waals surface area (Å²) in [6.45, 7) is 7.37. The summed E-state index contributed by atoms with van der Waals surface area (Å²) in [5.74, 6) is 0. The minimum atomic E-state index is -3.58. The van der Waals surface area contributed by atoms with E-state index in [0.29, 0.717) is 10.0 Å². The number of hydrogen-bond donors (Lipinski definition) is 1. The number of hydrogen-bond acceptors (Lipinski definition) is 5. The lowest BCUT2D eigenvalue weighted by Gasteiger charge is -2.35. The number of nitrogens with zero attached hydrogens (tertiary/aromatic N) is 2. The second kappa shape index (κ2) is 7.31. The SMILES string of the molecule is CCN1CCN(c2ccc(NS(=O)(=O)c3ccc(Cl)s3)cc2)CC1. The van der Waals surface area contributed by atoms with Crippen molar-refractivity contribution in [2.45, 2.75) is 11.1 Å². The molecule has 1 N–H and O–H groups in total. The molecule has 3 rings (SSSR count). The lowest BCUT2D eigenvalue weighted by molar-refractivity contribution is 0.271. The van der Waals surface area contributed by atoms with Crippen molar-refractivity contribution in [2.24, 2.45) is 0 Å². The van der Waals surface area contributed by atoms with Crippen molar-refractivity contribution in [1.82, 2.24) is 4.90 Å². The summed E-state index contributed by atoms with van der Waals surface area (Å²) >= 11 is 6.86. The van der Waals surface area contributed by atoms with Crippen LogP contribution < -0.4 is 9.62 Å². The fraction of sp³-hybridized carbons (Fsp3) is 0.375. The van der Waals surface area contributed by atoms with Crippen molar-refractivity contribution >= 4 is 44.3 Å². The zero-order valence-corrected chi connectivity index (χ0v) is 15.8. The van der Waals surface area contributed by atoms with E-state index in [1.165, 1.54) is 6.07 Å². The van der Waals surface area contributed by atoms with Crippen LogP contribution in [0.5, 0.6) is 0 Å². The van der Waals surface area contributed by atoms with Crippen molar-refractivity contribution < 1.29 is 8.42 Å². The molecule has 5 nitrogen and oxygen atoms in total. The molecule has 2 heterocycles. The molecule has 1 aliphatic rings. The van der Waals surface area contributed by atoms with Crippen molar-refractivity contribution in [3.05, 3.63) is 40.7 Å². The number of halogens is 1. The van der Waals surface area contributed by atoms with Crippen LogP contribution >= 0.6 is 22.9 Å². The molecule has 0 spiro atoms. The lowest BCUT2D eigenvalue weighted by Crippen LogP contribution is -2.46. The molecular weight excluding hydrogens is 366 g/mol. The van der Waals surface area contributed by atoms with Crippen LogP contribution in [-0.2, 0) is 10.0 Å². The number of thiophene rings is 1. The van der Waals surface area contributed by atoms with Crippen LogP contribution in [0.15, 0.2) is 40.6 Å². The predicted octanol–water partition coefficient (Wildman–Crippen LogP) is 3.34. The van der Waals surface area contributed by atoms with E-state index in [0.717, 1.165) is 49.7 Å². The first-order valence-corrected chi connectivity index (χ1v) is 10.5. The van der Waals surface area contributed by atoms with Crippen LogP contribution in [0.4, 0.5) is 11.4 Å². The molecule has 0 saturated carbocycles. The van der Waals surface area contributed by atoms with Gasteiger partial charge < -0.3 is 9.80 Å². The Morgan fingerprint density at radius 1 is 1.08 bits per heavy atom. The second-order valence-electron chi connectivity index (χ2n) is 5.63. The molecule has 1 aromatic carbocycles. The summed E-state index contributed by atoms with van der Waals surface area (Å²) in [7, 11) is -3.58. The Kier molecular flexibility index (Phi) is 5.34. The van der Waals surface area contributed by atoms with E-state index in [-0.39, 0.29) is 4.21 Å². The topological polar surface area (TPSA) is 52.6 Å². The maximum absolute atomic E-state index is 12.3. The number of rotatable bonds is 5. The Bertz CT molecular complexity index is 782. The number of likely N-dealkylation sites (N-methyl/N-ethyl adjacent to an activating group) is 1. The van der Waals surface area contributed by atoms with Gasteiger partial charge in [-0.3, -0.25) is 4.72 Å². The summed E-state index contributed by atoms with van der Waals surface area (Å²) in [5.41, 5.74) is 1.67. The van der Waals surface area contributed by atoms with E-state index < -0.39 is 10.0 Å². The van der Waals surface area contributed by atoms with Gasteiger partial charge in [0.15, 0.2) is 0 Å². The first kappa shape index (κ1) is 17.5. The van der Waals surface area contributed by atoms with E-state index >= 15 is 0 Å². The van der Waals surface area contributed by atoms with Gasteiger partial charge in [-0.05, 0) is 42.9 Å². The van der Waals surface area contributed by atoms with Gasteiger partial charge in [-0.2, -0.15) is 0 Å². The molecule has 0 unspecified atom stereocenters. The minimum absolute atomic E-state index is 0.215. The van der Waals surface area contributed by atoms with Crippen molar-refractivity contribution in [1.29, 1.82) is 0 Å². The summed E-state index contributed by atoms with van der Waals surface area (Å²) in [4.78, 5) is 4.74. The zero-order valence-electron chi connectivity index (χ0n) is 13.4. The quantitative estimate of drug-likeness (QED) is 0.857. The molecular formula is C16H20ClN3O2S2. The third-order valence-electron chi connectivity index (χ3n) is 4.12. The normalized spacial score (nSPS) is 16.3. The largest absolute Gasteiger partial charge is 0.369 e. The number of sulfonamides is 1. The highest BCUT2D eigenvalue weighted by molar-refractivity contribution is 7.94. The van der Waals surface area contributed by atoms with Crippen LogP contribution in [0.1, 0.15) is 6.92 Å². The van der Waals surface area contributed by atoms with Gasteiger partial charge in [0, 0.05) is 37.6 Å². The van der Waals surface area contributed by atoms with Gasteiger partial charge in [-0.25, -0.2) is 8.42 Å². The van der Waals surface area contributed by atoms with Crippen molar-refractivity contribution in [3.8, 4) is 0 Å². The Morgan fingerprint density at radius 2 is 1.75 bits per heavy atom. The summed E-state index contributed by atoms with van der Waals surface area (Å²) in [6, 6.07) is 10.6. The summed E-state index contributed by atoms with van der Waals surface area (Å²) < 4.78 is 27.9. The van der Waals surface area contributed by atoms with E-state index in [2.05, 4.69) is 21.4 Å². The van der Waals surface area contributed by atoms with E-state index in [9.17, 15) is 8.42 Å². The van der Waals surface area contributed by atoms with Crippen LogP contribution in [-0.4, -0.2) is 46.0 Å². The first-order valence-electron chi connectivity index (χ1n) is 7.83. The molecule has 1 saturated heterocycles. The van der Waals surface area contributed by atoms with Crippen LogP contribution in [0.25, 0.3) is 0 Å². The monoisotopic (exact) mass is 385 g/mol. The van der Waals surface area contributed by atoms with Crippen molar-refractivity contribution in [2.75, 3.05) is 42.3 Å². The maximum atomic E-state index is 12.3. The standard InChI is InChI=1S/C16H20ClN3O2S2/c1-2-19-9-11-20(12-10-19)14-5-3-13(4-6-14)18-24(21,22)16-8-7-15(17)23-16/h3-8,18H,2,9-12H2,1H3. The lowest BCUT2D eigenvalue weighted by atomic mass is 10.2. The molecule has 24 heavy (non-hydrogen) atoms. The van der Waals surface area contributed by atoms with Crippen molar-refractivity contribution in [3.63, 3.8) is 0 Å². The fourth-order valence-electron chi connectivity index (χ4n) is 2.71. The molecule has 8 heteroatoms. The molecule has 2 aromatic rings. The summed E-state index contributed by atoms with van der Waals surface area (Å²) in [6.07, 6.45) is 0. The molecule has 0 aliphatic carbocycles. The van der Waals surface area contributed by atoms with Crippen LogP contribution in [0.3, 0.4) is 0 Å². The Labute approximate surface area is 151 Å². The third-order valence-corrected chi connectivity index (χ3v) is 7.22. The van der Waals surface area contributed by atoms with Gasteiger partial charge in [0.05, 0.1) is 4.34 Å². The second-order valence-corrected chi connectivity index (χ2v) is 9.26. The molecule has 1 aromatic heterocycles. The van der Waals surface area contributed by atoms with E-state index in [1.807, 2.05) is 12.1 Å². The highest BCUT2D eigenvalue weighted by atomic mass is 35.5. The highest BCUT2D eigenvalue weighted by Crippen LogP contribution is 2.28. The predicted molar refractivity (Wildman–Crippen MR) is 101 cm³/mol. The number of piperazine rings is 1.